The van der Waals surface area contributed by atoms with Crippen LogP contribution in [0.2, 0.25) is 0 Å². The van der Waals surface area contributed by atoms with Crippen LogP contribution < -0.4 is 0 Å². The molecule has 0 rings (SSSR count). The van der Waals surface area contributed by atoms with Gasteiger partial charge in [-0.3, -0.25) is 0 Å². The highest BCUT2D eigenvalue weighted by atomic mass is 14.3. The van der Waals surface area contributed by atoms with Gasteiger partial charge in [0.1, 0.15) is 0 Å². The molecular weight excluding hydrogens is 156 g/mol. The van der Waals surface area contributed by atoms with Gasteiger partial charge in [0.2, 0.25) is 0 Å². The molecule has 13 heavy (non-hydrogen) atoms. The Bertz CT molecular complexity index is 116. The van der Waals surface area contributed by atoms with Crippen LogP contribution in [0.3, 0.4) is 0 Å². The molecule has 0 spiro atoms. The van der Waals surface area contributed by atoms with Crippen molar-refractivity contribution >= 4 is 0 Å². The largest absolute Gasteiger partial charge is 0.0654 e. The van der Waals surface area contributed by atoms with E-state index in [0.29, 0.717) is 5.41 Å². The summed E-state index contributed by atoms with van der Waals surface area (Å²) >= 11 is 0. The monoisotopic (exact) mass is 184 g/mol. The standard InChI is InChI=1S/C13H28/c1-7-8-9-12(11(2)3)10-13(4,5)6/h11-12H,7-10H2,1-6H3. The molecule has 0 nitrogen and oxygen atoms in total. The highest BCUT2D eigenvalue weighted by Gasteiger charge is 2.20. The van der Waals surface area contributed by atoms with Crippen LogP contribution in [0.4, 0.5) is 0 Å². The summed E-state index contributed by atoms with van der Waals surface area (Å²) in [6.45, 7) is 14.1. The maximum Gasteiger partial charge on any atom is -0.0380 e. The van der Waals surface area contributed by atoms with E-state index in [1.54, 1.807) is 0 Å². The van der Waals surface area contributed by atoms with Crippen LogP contribution in [-0.2, 0) is 0 Å². The molecule has 0 saturated heterocycles. The normalized spacial score (nSPS) is 15.0. The molecule has 0 aliphatic rings. The van der Waals surface area contributed by atoms with Crippen LogP contribution in [0, 0.1) is 17.3 Å². The van der Waals surface area contributed by atoms with E-state index in [2.05, 4.69) is 41.5 Å². The van der Waals surface area contributed by atoms with Gasteiger partial charge in [0.05, 0.1) is 0 Å². The van der Waals surface area contributed by atoms with Gasteiger partial charge < -0.3 is 0 Å². The third-order valence-electron chi connectivity index (χ3n) is 2.75. The van der Waals surface area contributed by atoms with E-state index >= 15 is 0 Å². The van der Waals surface area contributed by atoms with Crippen LogP contribution >= 0.6 is 0 Å². The van der Waals surface area contributed by atoms with Crippen molar-refractivity contribution in [2.75, 3.05) is 0 Å². The van der Waals surface area contributed by atoms with Crippen LogP contribution in [-0.4, -0.2) is 0 Å². The zero-order valence-electron chi connectivity index (χ0n) is 10.5. The molecule has 0 amide bonds. The van der Waals surface area contributed by atoms with Crippen molar-refractivity contribution in [2.24, 2.45) is 17.3 Å². The molecule has 0 aliphatic heterocycles. The van der Waals surface area contributed by atoms with Crippen molar-refractivity contribution in [1.82, 2.24) is 0 Å². The van der Waals surface area contributed by atoms with E-state index in [-0.39, 0.29) is 0 Å². The summed E-state index contributed by atoms with van der Waals surface area (Å²) in [5.41, 5.74) is 0.503. The molecule has 0 heterocycles. The lowest BCUT2D eigenvalue weighted by atomic mass is 9.77. The van der Waals surface area contributed by atoms with Gasteiger partial charge in [-0.05, 0) is 23.7 Å². The SMILES string of the molecule is CCCCC(CC(C)(C)C)C(C)C. The fraction of sp³-hybridized carbons (Fsp3) is 1.00. The average molecular weight is 184 g/mol. The first-order chi connectivity index (χ1) is 5.87. The molecule has 0 aromatic carbocycles. The first-order valence-electron chi connectivity index (χ1n) is 5.87. The second-order valence-corrected chi connectivity index (χ2v) is 5.91. The van der Waals surface area contributed by atoms with Crippen molar-refractivity contribution in [2.45, 2.75) is 67.2 Å². The molecule has 0 saturated carbocycles. The van der Waals surface area contributed by atoms with Gasteiger partial charge in [-0.2, -0.15) is 0 Å². The predicted octanol–water partition coefficient (Wildman–Crippen LogP) is 4.89. The lowest BCUT2D eigenvalue weighted by Gasteiger charge is -2.28. The maximum atomic E-state index is 2.37. The van der Waals surface area contributed by atoms with E-state index < -0.39 is 0 Å². The number of hydrogen-bond donors (Lipinski definition) is 0. The quantitative estimate of drug-likeness (QED) is 0.571. The lowest BCUT2D eigenvalue weighted by Crippen LogP contribution is -2.17. The molecule has 0 heteroatoms. The Hall–Kier alpha value is 0. The first kappa shape index (κ1) is 13.0. The van der Waals surface area contributed by atoms with Crippen LogP contribution in [0.25, 0.3) is 0 Å². The summed E-state index contributed by atoms with van der Waals surface area (Å²) in [6.07, 6.45) is 5.54. The smallest absolute Gasteiger partial charge is 0.0380 e. The van der Waals surface area contributed by atoms with Gasteiger partial charge in [0.25, 0.3) is 0 Å². The Morgan fingerprint density at radius 2 is 1.62 bits per heavy atom. The van der Waals surface area contributed by atoms with Gasteiger partial charge in [0.15, 0.2) is 0 Å². The van der Waals surface area contributed by atoms with Crippen molar-refractivity contribution in [1.29, 1.82) is 0 Å². The Morgan fingerprint density at radius 1 is 1.08 bits per heavy atom. The van der Waals surface area contributed by atoms with Crippen molar-refractivity contribution in [3.63, 3.8) is 0 Å². The minimum absolute atomic E-state index is 0.503. The molecule has 1 unspecified atom stereocenters. The topological polar surface area (TPSA) is 0 Å². The van der Waals surface area contributed by atoms with Crippen LogP contribution in [0.1, 0.15) is 67.2 Å². The molecule has 0 N–H and O–H groups in total. The van der Waals surface area contributed by atoms with E-state index in [1.807, 2.05) is 0 Å². The van der Waals surface area contributed by atoms with Gasteiger partial charge in [-0.15, -0.1) is 0 Å². The minimum atomic E-state index is 0.503. The maximum absolute atomic E-state index is 2.37. The molecule has 0 fully saturated rings. The van der Waals surface area contributed by atoms with E-state index in [4.69, 9.17) is 0 Å². The summed E-state index contributed by atoms with van der Waals surface area (Å²) in [4.78, 5) is 0. The van der Waals surface area contributed by atoms with Crippen LogP contribution in [0.15, 0.2) is 0 Å². The van der Waals surface area contributed by atoms with Crippen molar-refractivity contribution < 1.29 is 0 Å². The van der Waals surface area contributed by atoms with E-state index in [0.717, 1.165) is 11.8 Å². The Labute approximate surface area is 85.1 Å². The molecule has 0 aromatic heterocycles. The predicted molar refractivity (Wildman–Crippen MR) is 61.9 cm³/mol. The van der Waals surface area contributed by atoms with Gasteiger partial charge in [0, 0.05) is 0 Å². The highest BCUT2D eigenvalue weighted by molar-refractivity contribution is 4.71. The summed E-state index contributed by atoms with van der Waals surface area (Å²) in [6, 6.07) is 0. The highest BCUT2D eigenvalue weighted by Crippen LogP contribution is 2.31. The second-order valence-electron chi connectivity index (χ2n) is 5.91. The molecule has 0 bridgehead atoms. The molecular formula is C13H28. The molecule has 1 atom stereocenters. The van der Waals surface area contributed by atoms with Gasteiger partial charge in [-0.25, -0.2) is 0 Å². The molecule has 80 valence electrons. The Morgan fingerprint density at radius 3 is 1.92 bits per heavy atom. The zero-order chi connectivity index (χ0) is 10.5. The van der Waals surface area contributed by atoms with Gasteiger partial charge in [-0.1, -0.05) is 60.8 Å². The lowest BCUT2D eigenvalue weighted by molar-refractivity contribution is 0.227. The summed E-state index contributed by atoms with van der Waals surface area (Å²) < 4.78 is 0. The Balaban J connectivity index is 3.95. The van der Waals surface area contributed by atoms with Gasteiger partial charge >= 0.3 is 0 Å². The Kier molecular flexibility index (Phi) is 5.67. The summed E-state index contributed by atoms with van der Waals surface area (Å²) in [5.74, 6) is 1.78. The average Bonchev–Trinajstić information content (AvgIpc) is 1.95. The van der Waals surface area contributed by atoms with E-state index in [9.17, 15) is 0 Å². The minimum Gasteiger partial charge on any atom is -0.0654 e. The second kappa shape index (κ2) is 5.67. The molecule has 0 aromatic rings. The fourth-order valence-corrected chi connectivity index (χ4v) is 1.92. The third-order valence-corrected chi connectivity index (χ3v) is 2.75. The van der Waals surface area contributed by atoms with E-state index in [1.165, 1.54) is 25.7 Å². The number of rotatable bonds is 5. The number of hydrogen-bond acceptors (Lipinski definition) is 0. The number of unbranched alkanes of at least 4 members (excludes halogenated alkanes) is 1. The molecule has 0 aliphatic carbocycles. The first-order valence-corrected chi connectivity index (χ1v) is 5.87. The van der Waals surface area contributed by atoms with Crippen LogP contribution in [0.5, 0.6) is 0 Å². The summed E-state index contributed by atoms with van der Waals surface area (Å²) in [5, 5.41) is 0. The zero-order valence-corrected chi connectivity index (χ0v) is 10.5. The third kappa shape index (κ3) is 7.10. The van der Waals surface area contributed by atoms with Crippen molar-refractivity contribution in [3.05, 3.63) is 0 Å². The fourth-order valence-electron chi connectivity index (χ4n) is 1.92. The summed E-state index contributed by atoms with van der Waals surface area (Å²) in [7, 11) is 0. The molecule has 0 radical (unpaired) electrons. The van der Waals surface area contributed by atoms with Crippen molar-refractivity contribution in [3.8, 4) is 0 Å².